The third kappa shape index (κ3) is 1.50. The lowest BCUT2D eigenvalue weighted by atomic mass is 10.2. The summed E-state index contributed by atoms with van der Waals surface area (Å²) in [6.07, 6.45) is 0. The van der Waals surface area contributed by atoms with Gasteiger partial charge in [-0.05, 0) is 32.9 Å². The Kier molecular flexibility index (Phi) is 2.23. The van der Waals surface area contributed by atoms with Crippen LogP contribution in [-0.4, -0.2) is 9.55 Å². The first-order valence-corrected chi connectivity index (χ1v) is 4.98. The van der Waals surface area contributed by atoms with Gasteiger partial charge in [0.25, 0.3) is 0 Å². The molecule has 3 nitrogen and oxygen atoms in total. The molecule has 0 fully saturated rings. The van der Waals surface area contributed by atoms with Crippen LogP contribution in [-0.2, 0) is 0 Å². The first-order chi connectivity index (χ1) is 7.11. The summed E-state index contributed by atoms with van der Waals surface area (Å²) in [5, 5.41) is 0. The summed E-state index contributed by atoms with van der Waals surface area (Å²) in [7, 11) is 0. The highest BCUT2D eigenvalue weighted by molar-refractivity contribution is 5.58. The molecule has 0 unspecified atom stereocenters. The molecule has 1 aromatic carbocycles. The standard InChI is InChI=1S/C12H15N3/c1-8-9(2)15(10(3)14-8)12-7-5-4-6-11(12)13/h4-7H,13H2,1-3H3. The lowest BCUT2D eigenvalue weighted by molar-refractivity contribution is 0.943. The Morgan fingerprint density at radius 3 is 2.33 bits per heavy atom. The molecule has 78 valence electrons. The van der Waals surface area contributed by atoms with Crippen LogP contribution in [0.4, 0.5) is 5.69 Å². The number of benzene rings is 1. The topological polar surface area (TPSA) is 43.8 Å². The minimum atomic E-state index is 0.779. The number of aryl methyl sites for hydroxylation is 2. The first kappa shape index (κ1) is 9.77. The SMILES string of the molecule is Cc1nc(C)n(-c2ccccc2N)c1C. The Labute approximate surface area is 89.6 Å². The maximum Gasteiger partial charge on any atom is 0.110 e. The summed E-state index contributed by atoms with van der Waals surface area (Å²) in [4.78, 5) is 4.44. The van der Waals surface area contributed by atoms with Gasteiger partial charge < -0.3 is 5.73 Å². The molecule has 0 amide bonds. The summed E-state index contributed by atoms with van der Waals surface area (Å²) in [6, 6.07) is 7.84. The van der Waals surface area contributed by atoms with E-state index < -0.39 is 0 Å². The molecule has 0 saturated carbocycles. The number of anilines is 1. The van der Waals surface area contributed by atoms with E-state index in [1.165, 1.54) is 0 Å². The zero-order chi connectivity index (χ0) is 11.0. The van der Waals surface area contributed by atoms with Crippen molar-refractivity contribution in [1.29, 1.82) is 0 Å². The van der Waals surface area contributed by atoms with E-state index in [4.69, 9.17) is 5.73 Å². The van der Waals surface area contributed by atoms with Crippen molar-refractivity contribution < 1.29 is 0 Å². The highest BCUT2D eigenvalue weighted by atomic mass is 15.1. The van der Waals surface area contributed by atoms with Gasteiger partial charge in [0.15, 0.2) is 0 Å². The van der Waals surface area contributed by atoms with Gasteiger partial charge in [0.1, 0.15) is 5.82 Å². The van der Waals surface area contributed by atoms with Crippen molar-refractivity contribution in [1.82, 2.24) is 9.55 Å². The lowest BCUT2D eigenvalue weighted by Gasteiger charge is -2.10. The molecule has 0 aliphatic heterocycles. The molecule has 15 heavy (non-hydrogen) atoms. The van der Waals surface area contributed by atoms with Crippen molar-refractivity contribution in [3.63, 3.8) is 0 Å². The maximum atomic E-state index is 5.95. The average Bonchev–Trinajstić information content (AvgIpc) is 2.43. The summed E-state index contributed by atoms with van der Waals surface area (Å²) in [6.45, 7) is 6.06. The molecule has 0 aliphatic rings. The van der Waals surface area contributed by atoms with Crippen LogP contribution in [0.1, 0.15) is 17.2 Å². The number of imidazole rings is 1. The number of rotatable bonds is 1. The third-order valence-electron chi connectivity index (χ3n) is 2.69. The fourth-order valence-corrected chi connectivity index (χ4v) is 1.82. The molecule has 0 atom stereocenters. The molecule has 2 aromatic rings. The molecular weight excluding hydrogens is 186 g/mol. The highest BCUT2D eigenvalue weighted by Gasteiger charge is 2.10. The zero-order valence-electron chi connectivity index (χ0n) is 9.28. The lowest BCUT2D eigenvalue weighted by Crippen LogP contribution is -2.03. The number of nitrogen functional groups attached to an aromatic ring is 1. The Morgan fingerprint density at radius 2 is 1.80 bits per heavy atom. The number of aromatic nitrogens is 2. The number of para-hydroxylation sites is 2. The molecule has 2 rings (SSSR count). The van der Waals surface area contributed by atoms with E-state index in [0.29, 0.717) is 0 Å². The molecule has 0 aliphatic carbocycles. The largest absolute Gasteiger partial charge is 0.397 e. The van der Waals surface area contributed by atoms with E-state index in [1.807, 2.05) is 38.1 Å². The Morgan fingerprint density at radius 1 is 1.13 bits per heavy atom. The van der Waals surface area contributed by atoms with E-state index >= 15 is 0 Å². The van der Waals surface area contributed by atoms with Crippen molar-refractivity contribution in [3.8, 4) is 5.69 Å². The van der Waals surface area contributed by atoms with Gasteiger partial charge in [0.2, 0.25) is 0 Å². The van der Waals surface area contributed by atoms with Crippen LogP contribution in [0.2, 0.25) is 0 Å². The predicted molar refractivity (Wildman–Crippen MR) is 62.2 cm³/mol. The second-order valence-corrected chi connectivity index (χ2v) is 3.72. The number of hydrogen-bond acceptors (Lipinski definition) is 2. The van der Waals surface area contributed by atoms with Crippen LogP contribution in [0.15, 0.2) is 24.3 Å². The van der Waals surface area contributed by atoms with Crippen LogP contribution >= 0.6 is 0 Å². The van der Waals surface area contributed by atoms with Crippen LogP contribution in [0.25, 0.3) is 5.69 Å². The Balaban J connectivity index is 2.69. The second-order valence-electron chi connectivity index (χ2n) is 3.72. The van der Waals surface area contributed by atoms with Gasteiger partial charge in [-0.1, -0.05) is 12.1 Å². The molecule has 1 aromatic heterocycles. The van der Waals surface area contributed by atoms with Crippen molar-refractivity contribution >= 4 is 5.69 Å². The summed E-state index contributed by atoms with van der Waals surface area (Å²) in [5.41, 5.74) is 9.93. The summed E-state index contributed by atoms with van der Waals surface area (Å²) < 4.78 is 2.09. The van der Waals surface area contributed by atoms with Gasteiger partial charge in [0.05, 0.1) is 17.1 Å². The van der Waals surface area contributed by atoms with Gasteiger partial charge in [-0.25, -0.2) is 4.98 Å². The summed E-state index contributed by atoms with van der Waals surface area (Å²) in [5.74, 6) is 0.975. The quantitative estimate of drug-likeness (QED) is 0.720. The third-order valence-corrected chi connectivity index (χ3v) is 2.69. The smallest absolute Gasteiger partial charge is 0.110 e. The monoisotopic (exact) mass is 201 g/mol. The van der Waals surface area contributed by atoms with E-state index in [2.05, 4.69) is 16.5 Å². The van der Waals surface area contributed by atoms with Gasteiger partial charge in [0, 0.05) is 5.69 Å². The predicted octanol–water partition coefficient (Wildman–Crippen LogP) is 2.38. The van der Waals surface area contributed by atoms with E-state index in [9.17, 15) is 0 Å². The molecule has 0 bridgehead atoms. The van der Waals surface area contributed by atoms with Gasteiger partial charge in [-0.2, -0.15) is 0 Å². The molecule has 0 spiro atoms. The van der Waals surface area contributed by atoms with E-state index in [1.54, 1.807) is 0 Å². The maximum absolute atomic E-state index is 5.95. The minimum Gasteiger partial charge on any atom is -0.397 e. The average molecular weight is 201 g/mol. The Bertz CT molecular complexity index is 498. The number of nitrogens with zero attached hydrogens (tertiary/aromatic N) is 2. The zero-order valence-corrected chi connectivity index (χ0v) is 9.28. The van der Waals surface area contributed by atoms with Gasteiger partial charge >= 0.3 is 0 Å². The van der Waals surface area contributed by atoms with E-state index in [0.717, 1.165) is 28.6 Å². The second kappa shape index (κ2) is 3.42. The van der Waals surface area contributed by atoms with Gasteiger partial charge in [-0.3, -0.25) is 4.57 Å². The van der Waals surface area contributed by atoms with Crippen molar-refractivity contribution in [2.45, 2.75) is 20.8 Å². The fourth-order valence-electron chi connectivity index (χ4n) is 1.82. The number of nitrogens with two attached hydrogens (primary N) is 1. The minimum absolute atomic E-state index is 0.779. The van der Waals surface area contributed by atoms with Crippen molar-refractivity contribution in [2.75, 3.05) is 5.73 Å². The van der Waals surface area contributed by atoms with Crippen molar-refractivity contribution in [3.05, 3.63) is 41.5 Å². The molecule has 3 heteroatoms. The van der Waals surface area contributed by atoms with Crippen molar-refractivity contribution in [2.24, 2.45) is 0 Å². The molecule has 1 heterocycles. The van der Waals surface area contributed by atoms with Crippen LogP contribution < -0.4 is 5.73 Å². The van der Waals surface area contributed by atoms with Crippen LogP contribution in [0, 0.1) is 20.8 Å². The Hall–Kier alpha value is -1.77. The number of hydrogen-bond donors (Lipinski definition) is 1. The van der Waals surface area contributed by atoms with E-state index in [-0.39, 0.29) is 0 Å². The highest BCUT2D eigenvalue weighted by Crippen LogP contribution is 2.21. The first-order valence-electron chi connectivity index (χ1n) is 4.98. The molecule has 0 radical (unpaired) electrons. The molecule has 2 N–H and O–H groups in total. The van der Waals surface area contributed by atoms with Crippen LogP contribution in [0.5, 0.6) is 0 Å². The molecule has 0 saturated heterocycles. The normalized spacial score (nSPS) is 10.6. The molecular formula is C12H15N3. The summed E-state index contributed by atoms with van der Waals surface area (Å²) >= 11 is 0. The fraction of sp³-hybridized carbons (Fsp3) is 0.250. The van der Waals surface area contributed by atoms with Crippen LogP contribution in [0.3, 0.4) is 0 Å². The van der Waals surface area contributed by atoms with Gasteiger partial charge in [-0.15, -0.1) is 0 Å².